The van der Waals surface area contributed by atoms with E-state index in [-0.39, 0.29) is 11.6 Å². The van der Waals surface area contributed by atoms with Gasteiger partial charge in [0, 0.05) is 22.9 Å². The molecule has 0 atom stereocenters. The van der Waals surface area contributed by atoms with Crippen molar-refractivity contribution in [3.05, 3.63) is 78.0 Å². The van der Waals surface area contributed by atoms with E-state index < -0.39 is 0 Å². The first kappa shape index (κ1) is 13.4. The molecule has 0 N–H and O–H groups in total. The molecule has 0 saturated carbocycles. The Bertz CT molecular complexity index is 797. The molecule has 21 heavy (non-hydrogen) atoms. The van der Waals surface area contributed by atoms with Crippen LogP contribution >= 0.6 is 0 Å². The van der Waals surface area contributed by atoms with E-state index in [4.69, 9.17) is 0 Å². The summed E-state index contributed by atoms with van der Waals surface area (Å²) in [5, 5.41) is 0. The fourth-order valence-electron chi connectivity index (χ4n) is 2.35. The van der Waals surface area contributed by atoms with Crippen LogP contribution in [-0.2, 0) is 0 Å². The van der Waals surface area contributed by atoms with Gasteiger partial charge in [-0.25, -0.2) is 8.78 Å². The lowest BCUT2D eigenvalue weighted by Crippen LogP contribution is -1.93. The van der Waals surface area contributed by atoms with E-state index in [9.17, 15) is 8.78 Å². The van der Waals surface area contributed by atoms with Gasteiger partial charge >= 0.3 is 0 Å². The zero-order valence-corrected chi connectivity index (χ0v) is 11.5. The monoisotopic (exact) mass is 281 g/mol. The van der Waals surface area contributed by atoms with E-state index >= 15 is 0 Å². The lowest BCUT2D eigenvalue weighted by molar-refractivity contribution is 0.630. The maximum atomic E-state index is 13.8. The second-order valence-corrected chi connectivity index (χ2v) is 4.85. The molecule has 0 unspecified atom stereocenters. The van der Waals surface area contributed by atoms with Crippen molar-refractivity contribution in [2.24, 2.45) is 0 Å². The van der Waals surface area contributed by atoms with E-state index in [2.05, 4.69) is 4.98 Å². The molecule has 0 aliphatic rings. The second-order valence-electron chi connectivity index (χ2n) is 4.85. The molecule has 0 amide bonds. The van der Waals surface area contributed by atoms with Crippen molar-refractivity contribution in [3.8, 4) is 22.4 Å². The standard InChI is InChI=1S/C18H13F2N/c1-12-10-13(14-6-2-4-8-16(14)19)11-21-18(12)15-7-3-5-9-17(15)20/h2-11H,1H3. The maximum Gasteiger partial charge on any atom is 0.132 e. The number of pyridine rings is 1. The van der Waals surface area contributed by atoms with E-state index in [0.29, 0.717) is 22.4 Å². The van der Waals surface area contributed by atoms with Crippen molar-refractivity contribution in [1.29, 1.82) is 0 Å². The van der Waals surface area contributed by atoms with Crippen molar-refractivity contribution in [1.82, 2.24) is 4.98 Å². The lowest BCUT2D eigenvalue weighted by atomic mass is 10.0. The van der Waals surface area contributed by atoms with Crippen molar-refractivity contribution >= 4 is 0 Å². The number of benzene rings is 2. The molecule has 1 aromatic heterocycles. The molecule has 1 nitrogen and oxygen atoms in total. The average molecular weight is 281 g/mol. The molecule has 0 fully saturated rings. The van der Waals surface area contributed by atoms with Gasteiger partial charge < -0.3 is 0 Å². The number of rotatable bonds is 2. The Morgan fingerprint density at radius 1 is 0.810 bits per heavy atom. The largest absolute Gasteiger partial charge is 0.255 e. The smallest absolute Gasteiger partial charge is 0.132 e. The minimum Gasteiger partial charge on any atom is -0.255 e. The van der Waals surface area contributed by atoms with Gasteiger partial charge in [0.05, 0.1) is 5.69 Å². The van der Waals surface area contributed by atoms with Crippen molar-refractivity contribution < 1.29 is 8.78 Å². The molecule has 0 aliphatic heterocycles. The topological polar surface area (TPSA) is 12.9 Å². The Labute approximate surface area is 121 Å². The fraction of sp³-hybridized carbons (Fsp3) is 0.0556. The number of nitrogens with zero attached hydrogens (tertiary/aromatic N) is 1. The van der Waals surface area contributed by atoms with Gasteiger partial charge in [0.2, 0.25) is 0 Å². The fourth-order valence-corrected chi connectivity index (χ4v) is 2.35. The molecular formula is C18H13F2N. The Morgan fingerprint density at radius 3 is 1.95 bits per heavy atom. The molecular weight excluding hydrogens is 268 g/mol. The zero-order valence-electron chi connectivity index (χ0n) is 11.5. The first-order valence-electron chi connectivity index (χ1n) is 6.63. The summed E-state index contributed by atoms with van der Waals surface area (Å²) in [6.45, 7) is 1.85. The molecule has 0 saturated heterocycles. The van der Waals surface area contributed by atoms with Gasteiger partial charge in [-0.15, -0.1) is 0 Å². The number of halogens is 2. The molecule has 3 rings (SSSR count). The third kappa shape index (κ3) is 2.55. The highest BCUT2D eigenvalue weighted by Gasteiger charge is 2.11. The van der Waals surface area contributed by atoms with Gasteiger partial charge in [0.1, 0.15) is 11.6 Å². The van der Waals surface area contributed by atoms with Gasteiger partial charge in [0.15, 0.2) is 0 Å². The van der Waals surface area contributed by atoms with Crippen molar-refractivity contribution in [3.63, 3.8) is 0 Å². The second kappa shape index (κ2) is 5.44. The SMILES string of the molecule is Cc1cc(-c2ccccc2F)cnc1-c1ccccc1F. The van der Waals surface area contributed by atoms with Crippen LogP contribution in [0.1, 0.15) is 5.56 Å². The highest BCUT2D eigenvalue weighted by atomic mass is 19.1. The van der Waals surface area contributed by atoms with Crippen molar-refractivity contribution in [2.45, 2.75) is 6.92 Å². The first-order valence-corrected chi connectivity index (χ1v) is 6.63. The van der Waals surface area contributed by atoms with E-state index in [1.807, 2.05) is 13.0 Å². The molecule has 1 heterocycles. The average Bonchev–Trinajstić information content (AvgIpc) is 2.49. The summed E-state index contributed by atoms with van der Waals surface area (Å²) in [6.07, 6.45) is 1.58. The minimum absolute atomic E-state index is 0.294. The highest BCUT2D eigenvalue weighted by molar-refractivity contribution is 5.70. The Morgan fingerprint density at radius 2 is 1.38 bits per heavy atom. The molecule has 0 spiro atoms. The summed E-state index contributed by atoms with van der Waals surface area (Å²) in [4.78, 5) is 4.32. The van der Waals surface area contributed by atoms with Gasteiger partial charge in [-0.2, -0.15) is 0 Å². The predicted octanol–water partition coefficient (Wildman–Crippen LogP) is 5.00. The van der Waals surface area contributed by atoms with Crippen LogP contribution in [0.5, 0.6) is 0 Å². The third-order valence-electron chi connectivity index (χ3n) is 3.39. The van der Waals surface area contributed by atoms with Crippen LogP contribution in [0.15, 0.2) is 60.8 Å². The third-order valence-corrected chi connectivity index (χ3v) is 3.39. The van der Waals surface area contributed by atoms with Crippen LogP contribution < -0.4 is 0 Å². The summed E-state index contributed by atoms with van der Waals surface area (Å²) in [6, 6.07) is 14.9. The Balaban J connectivity index is 2.09. The summed E-state index contributed by atoms with van der Waals surface area (Å²) in [5.41, 5.74) is 3.02. The van der Waals surface area contributed by atoms with E-state index in [0.717, 1.165) is 5.56 Å². The van der Waals surface area contributed by atoms with Gasteiger partial charge in [-0.3, -0.25) is 4.98 Å². The van der Waals surface area contributed by atoms with Crippen LogP contribution in [0.3, 0.4) is 0 Å². The Kier molecular flexibility index (Phi) is 3.48. The van der Waals surface area contributed by atoms with E-state index in [1.165, 1.54) is 12.1 Å². The van der Waals surface area contributed by atoms with Crippen LogP contribution in [0.25, 0.3) is 22.4 Å². The van der Waals surface area contributed by atoms with Crippen LogP contribution in [0.4, 0.5) is 8.78 Å². The summed E-state index contributed by atoms with van der Waals surface area (Å²) in [7, 11) is 0. The normalized spacial score (nSPS) is 10.6. The van der Waals surface area contributed by atoms with Crippen LogP contribution in [0, 0.1) is 18.6 Å². The number of aromatic nitrogens is 1. The molecule has 0 radical (unpaired) electrons. The lowest BCUT2D eigenvalue weighted by Gasteiger charge is -2.09. The molecule has 2 aromatic carbocycles. The zero-order chi connectivity index (χ0) is 14.8. The van der Waals surface area contributed by atoms with Crippen molar-refractivity contribution in [2.75, 3.05) is 0 Å². The molecule has 0 aliphatic carbocycles. The molecule has 0 bridgehead atoms. The molecule has 3 aromatic rings. The van der Waals surface area contributed by atoms with E-state index in [1.54, 1.807) is 42.6 Å². The Hall–Kier alpha value is -2.55. The number of hydrogen-bond acceptors (Lipinski definition) is 1. The van der Waals surface area contributed by atoms with Gasteiger partial charge in [-0.05, 0) is 36.8 Å². The first-order chi connectivity index (χ1) is 10.2. The van der Waals surface area contributed by atoms with Crippen LogP contribution in [0.2, 0.25) is 0 Å². The quantitative estimate of drug-likeness (QED) is 0.644. The summed E-state index contributed by atoms with van der Waals surface area (Å²) < 4.78 is 27.6. The molecule has 3 heteroatoms. The number of aryl methyl sites for hydroxylation is 1. The highest BCUT2D eigenvalue weighted by Crippen LogP contribution is 2.28. The molecule has 104 valence electrons. The maximum absolute atomic E-state index is 13.8. The van der Waals surface area contributed by atoms with Gasteiger partial charge in [-0.1, -0.05) is 30.3 Å². The predicted molar refractivity (Wildman–Crippen MR) is 79.8 cm³/mol. The summed E-state index contributed by atoms with van der Waals surface area (Å²) >= 11 is 0. The van der Waals surface area contributed by atoms with Gasteiger partial charge in [0.25, 0.3) is 0 Å². The number of hydrogen-bond donors (Lipinski definition) is 0. The summed E-state index contributed by atoms with van der Waals surface area (Å²) in [5.74, 6) is -0.607. The van der Waals surface area contributed by atoms with Crippen LogP contribution in [-0.4, -0.2) is 4.98 Å². The minimum atomic E-state index is -0.313.